The molecule has 0 saturated heterocycles. The second kappa shape index (κ2) is 5.91. The second-order valence-electron chi connectivity index (χ2n) is 2.80. The molecule has 0 amide bonds. The summed E-state index contributed by atoms with van der Waals surface area (Å²) in [6.07, 6.45) is 4.10. The van der Waals surface area contributed by atoms with Gasteiger partial charge in [-0.25, -0.2) is 0 Å². The summed E-state index contributed by atoms with van der Waals surface area (Å²) < 4.78 is 10.1. The van der Waals surface area contributed by atoms with Crippen LogP contribution in [0.3, 0.4) is 0 Å². The van der Waals surface area contributed by atoms with E-state index in [2.05, 4.69) is 24.3 Å². The summed E-state index contributed by atoms with van der Waals surface area (Å²) in [7, 11) is 0.281. The molecule has 0 atom stereocenters. The molecule has 0 unspecified atom stereocenters. The highest BCUT2D eigenvalue weighted by atomic mass is 31.1. The van der Waals surface area contributed by atoms with Crippen molar-refractivity contribution in [3.63, 3.8) is 0 Å². The maximum Gasteiger partial charge on any atom is 0.155 e. The lowest BCUT2D eigenvalue weighted by Crippen LogP contribution is -1.84. The van der Waals surface area contributed by atoms with Gasteiger partial charge < -0.3 is 0 Å². The van der Waals surface area contributed by atoms with Crippen LogP contribution in [0.4, 0.5) is 0 Å². The van der Waals surface area contributed by atoms with Gasteiger partial charge in [0.15, 0.2) is 8.46 Å². The van der Waals surface area contributed by atoms with E-state index in [0.29, 0.717) is 0 Å². The zero-order valence-corrected chi connectivity index (χ0v) is 7.97. The van der Waals surface area contributed by atoms with Crippen LogP contribution in [0, 0.1) is 0 Å². The van der Waals surface area contributed by atoms with Crippen LogP contribution in [0.25, 0.3) is 0 Å². The molecule has 0 aromatic heterocycles. The van der Waals surface area contributed by atoms with Crippen LogP contribution in [0.1, 0.15) is 18.4 Å². The average Bonchev–Trinajstić information content (AvgIpc) is 2.14. The van der Waals surface area contributed by atoms with Crippen LogP contribution >= 0.6 is 8.46 Å². The first-order chi connectivity index (χ1) is 5.93. The quantitative estimate of drug-likeness (QED) is 0.502. The predicted octanol–water partition coefficient (Wildman–Crippen LogP) is 3.30. The SMILES string of the molecule is O=PCCCCc1ccccc1. The number of unbranched alkanes of at least 4 members (excludes halogenated alkanes) is 1. The van der Waals surface area contributed by atoms with Gasteiger partial charge in [-0.15, -0.1) is 0 Å². The summed E-state index contributed by atoms with van der Waals surface area (Å²) in [6.45, 7) is 0. The topological polar surface area (TPSA) is 17.1 Å². The molecule has 0 fully saturated rings. The van der Waals surface area contributed by atoms with Gasteiger partial charge in [0.1, 0.15) is 0 Å². The van der Waals surface area contributed by atoms with E-state index in [9.17, 15) is 4.57 Å². The van der Waals surface area contributed by atoms with E-state index < -0.39 is 0 Å². The van der Waals surface area contributed by atoms with E-state index in [1.807, 2.05) is 6.07 Å². The number of hydrogen-bond donors (Lipinski definition) is 0. The molecule has 1 rings (SSSR count). The minimum atomic E-state index is 0.281. The van der Waals surface area contributed by atoms with Crippen LogP contribution < -0.4 is 0 Å². The normalized spacial score (nSPS) is 10.3. The van der Waals surface area contributed by atoms with Crippen molar-refractivity contribution in [3.05, 3.63) is 35.9 Å². The molecule has 12 heavy (non-hydrogen) atoms. The zero-order chi connectivity index (χ0) is 8.65. The molecule has 1 aromatic carbocycles. The minimum absolute atomic E-state index is 0.281. The Balaban J connectivity index is 2.20. The van der Waals surface area contributed by atoms with E-state index in [-0.39, 0.29) is 8.46 Å². The first-order valence-electron chi connectivity index (χ1n) is 4.26. The Bertz CT molecular complexity index is 221. The Morgan fingerprint density at radius 1 is 1.08 bits per heavy atom. The molecule has 0 spiro atoms. The van der Waals surface area contributed by atoms with Crippen molar-refractivity contribution in [2.24, 2.45) is 0 Å². The molecular formula is C10H13OP. The van der Waals surface area contributed by atoms with Gasteiger partial charge in [0, 0.05) is 6.16 Å². The summed E-state index contributed by atoms with van der Waals surface area (Å²) in [5.41, 5.74) is 1.38. The van der Waals surface area contributed by atoms with Gasteiger partial charge in [0.25, 0.3) is 0 Å². The lowest BCUT2D eigenvalue weighted by Gasteiger charge is -1.97. The van der Waals surface area contributed by atoms with Crippen molar-refractivity contribution in [2.75, 3.05) is 6.16 Å². The van der Waals surface area contributed by atoms with Gasteiger partial charge in [-0.2, -0.15) is 0 Å². The van der Waals surface area contributed by atoms with Gasteiger partial charge in [-0.05, 0) is 24.8 Å². The van der Waals surface area contributed by atoms with Crippen molar-refractivity contribution in [1.29, 1.82) is 0 Å². The summed E-state index contributed by atoms with van der Waals surface area (Å²) in [5.74, 6) is 0. The number of benzene rings is 1. The fourth-order valence-electron chi connectivity index (χ4n) is 1.15. The lowest BCUT2D eigenvalue weighted by molar-refractivity contribution is 0.596. The zero-order valence-electron chi connectivity index (χ0n) is 7.07. The molecule has 0 radical (unpaired) electrons. The van der Waals surface area contributed by atoms with Crippen LogP contribution in [0.2, 0.25) is 0 Å². The molecule has 0 aliphatic carbocycles. The molecule has 2 heteroatoms. The van der Waals surface area contributed by atoms with Gasteiger partial charge in [0.2, 0.25) is 0 Å². The minimum Gasteiger partial charge on any atom is -0.275 e. The molecule has 1 aromatic rings. The predicted molar refractivity (Wildman–Crippen MR) is 51.9 cm³/mol. The first kappa shape index (κ1) is 9.41. The van der Waals surface area contributed by atoms with E-state index in [0.717, 1.165) is 25.4 Å². The highest BCUT2D eigenvalue weighted by Crippen LogP contribution is 2.06. The summed E-state index contributed by atoms with van der Waals surface area (Å²) in [4.78, 5) is 0. The smallest absolute Gasteiger partial charge is 0.155 e. The number of hydrogen-bond acceptors (Lipinski definition) is 1. The Morgan fingerprint density at radius 3 is 2.50 bits per heavy atom. The first-order valence-corrected chi connectivity index (χ1v) is 5.26. The molecule has 0 aliphatic heterocycles. The van der Waals surface area contributed by atoms with E-state index in [1.54, 1.807) is 0 Å². The third-order valence-corrected chi connectivity index (χ3v) is 2.31. The third kappa shape index (κ3) is 3.64. The maximum atomic E-state index is 10.1. The van der Waals surface area contributed by atoms with Gasteiger partial charge >= 0.3 is 0 Å². The molecule has 0 heterocycles. The molecule has 64 valence electrons. The Kier molecular flexibility index (Phi) is 4.63. The molecule has 0 saturated carbocycles. The van der Waals surface area contributed by atoms with Gasteiger partial charge in [-0.3, -0.25) is 4.57 Å². The molecule has 0 N–H and O–H groups in total. The highest BCUT2D eigenvalue weighted by Gasteiger charge is 1.91. The van der Waals surface area contributed by atoms with Gasteiger partial charge in [0.05, 0.1) is 0 Å². The van der Waals surface area contributed by atoms with Crippen molar-refractivity contribution in [1.82, 2.24) is 0 Å². The van der Waals surface area contributed by atoms with E-state index >= 15 is 0 Å². The largest absolute Gasteiger partial charge is 0.275 e. The molecule has 1 nitrogen and oxygen atoms in total. The fourth-order valence-corrected chi connectivity index (χ4v) is 1.50. The Hall–Kier alpha value is -0.680. The lowest BCUT2D eigenvalue weighted by atomic mass is 10.1. The third-order valence-electron chi connectivity index (χ3n) is 1.81. The fraction of sp³-hybridized carbons (Fsp3) is 0.400. The summed E-state index contributed by atoms with van der Waals surface area (Å²) >= 11 is 0. The average molecular weight is 180 g/mol. The molecule has 0 aliphatic rings. The standard InChI is InChI=1S/C10H13OP/c11-12-9-5-4-8-10-6-2-1-3-7-10/h1-3,6-7H,4-5,8-9H2. The highest BCUT2D eigenvalue weighted by molar-refractivity contribution is 7.23. The van der Waals surface area contributed by atoms with Crippen molar-refractivity contribution < 1.29 is 4.57 Å². The van der Waals surface area contributed by atoms with Crippen LogP contribution in [0.5, 0.6) is 0 Å². The van der Waals surface area contributed by atoms with Crippen molar-refractivity contribution in [3.8, 4) is 0 Å². The van der Waals surface area contributed by atoms with Crippen LogP contribution in [-0.2, 0) is 11.0 Å². The monoisotopic (exact) mass is 180 g/mol. The second-order valence-corrected chi connectivity index (χ2v) is 3.50. The van der Waals surface area contributed by atoms with Crippen LogP contribution in [0.15, 0.2) is 30.3 Å². The number of rotatable bonds is 5. The Morgan fingerprint density at radius 2 is 1.83 bits per heavy atom. The molecular weight excluding hydrogens is 167 g/mol. The van der Waals surface area contributed by atoms with E-state index in [4.69, 9.17) is 0 Å². The van der Waals surface area contributed by atoms with Crippen molar-refractivity contribution >= 4 is 8.46 Å². The number of aryl methyl sites for hydroxylation is 1. The van der Waals surface area contributed by atoms with Gasteiger partial charge in [-0.1, -0.05) is 30.3 Å². The van der Waals surface area contributed by atoms with E-state index in [1.165, 1.54) is 5.56 Å². The maximum absolute atomic E-state index is 10.1. The summed E-state index contributed by atoms with van der Waals surface area (Å²) in [6, 6.07) is 10.4. The Labute approximate surface area is 75.0 Å². The summed E-state index contributed by atoms with van der Waals surface area (Å²) in [5, 5.41) is 0. The van der Waals surface area contributed by atoms with Crippen LogP contribution in [-0.4, -0.2) is 6.16 Å². The molecule has 0 bridgehead atoms. The van der Waals surface area contributed by atoms with Crippen molar-refractivity contribution in [2.45, 2.75) is 19.3 Å².